The second-order valence-electron chi connectivity index (χ2n) is 3.96. The van der Waals surface area contributed by atoms with Gasteiger partial charge in [-0.25, -0.2) is 5.84 Å². The van der Waals surface area contributed by atoms with Crippen LogP contribution in [0, 0.1) is 0 Å². The van der Waals surface area contributed by atoms with E-state index in [1.165, 1.54) is 0 Å². The van der Waals surface area contributed by atoms with E-state index in [0.717, 1.165) is 25.7 Å². The first kappa shape index (κ1) is 11.3. The Morgan fingerprint density at radius 2 is 2.36 bits per heavy atom. The zero-order chi connectivity index (χ0) is 10.6. The molecule has 0 aromatic carbocycles. The van der Waals surface area contributed by atoms with Gasteiger partial charge in [-0.05, 0) is 20.8 Å². The Labute approximate surface area is 85.3 Å². The van der Waals surface area contributed by atoms with E-state index in [-0.39, 0.29) is 5.54 Å². The van der Waals surface area contributed by atoms with Crippen molar-refractivity contribution >= 4 is 5.96 Å². The van der Waals surface area contributed by atoms with E-state index in [0.29, 0.717) is 6.61 Å². The Balaban J connectivity index is 2.77. The zero-order valence-corrected chi connectivity index (χ0v) is 9.21. The highest BCUT2D eigenvalue weighted by atomic mass is 16.5. The predicted octanol–water partition coefficient (Wildman–Crippen LogP) is -0.0636. The van der Waals surface area contributed by atoms with Crippen LogP contribution >= 0.6 is 0 Å². The van der Waals surface area contributed by atoms with Gasteiger partial charge in [0.15, 0.2) is 0 Å². The lowest BCUT2D eigenvalue weighted by molar-refractivity contribution is -0.0167. The molecule has 0 aliphatic carbocycles. The molecule has 1 heterocycles. The van der Waals surface area contributed by atoms with Crippen LogP contribution in [0.2, 0.25) is 0 Å². The van der Waals surface area contributed by atoms with Gasteiger partial charge in [0.05, 0.1) is 18.8 Å². The van der Waals surface area contributed by atoms with E-state index in [4.69, 9.17) is 10.6 Å². The first-order valence-corrected chi connectivity index (χ1v) is 4.98. The SMILES string of the molecule is CCN=C(NN)N1CCOCC1(C)C. The highest BCUT2D eigenvalue weighted by Gasteiger charge is 2.32. The molecule has 1 saturated heterocycles. The Morgan fingerprint density at radius 1 is 1.64 bits per heavy atom. The number of nitrogens with zero attached hydrogens (tertiary/aromatic N) is 2. The normalized spacial score (nSPS) is 22.3. The van der Waals surface area contributed by atoms with Crippen LogP contribution in [0.25, 0.3) is 0 Å². The Bertz CT molecular complexity index is 215. The predicted molar refractivity (Wildman–Crippen MR) is 56.9 cm³/mol. The van der Waals surface area contributed by atoms with Gasteiger partial charge in [0.25, 0.3) is 0 Å². The third-order valence-corrected chi connectivity index (χ3v) is 2.34. The second kappa shape index (κ2) is 4.61. The fraction of sp³-hybridized carbons (Fsp3) is 0.889. The lowest BCUT2D eigenvalue weighted by Crippen LogP contribution is -2.60. The van der Waals surface area contributed by atoms with E-state index < -0.39 is 0 Å². The molecular weight excluding hydrogens is 180 g/mol. The summed E-state index contributed by atoms with van der Waals surface area (Å²) in [6.07, 6.45) is 0. The smallest absolute Gasteiger partial charge is 0.208 e. The number of rotatable bonds is 1. The van der Waals surface area contributed by atoms with Crippen LogP contribution in [-0.2, 0) is 4.74 Å². The Hall–Kier alpha value is -0.810. The molecule has 0 radical (unpaired) electrons. The van der Waals surface area contributed by atoms with Crippen LogP contribution in [0.4, 0.5) is 0 Å². The van der Waals surface area contributed by atoms with E-state index in [1.807, 2.05) is 6.92 Å². The molecule has 1 rings (SSSR count). The maximum Gasteiger partial charge on any atom is 0.208 e. The number of hydrazine groups is 1. The van der Waals surface area contributed by atoms with Crippen LogP contribution < -0.4 is 11.3 Å². The van der Waals surface area contributed by atoms with Gasteiger partial charge in [-0.15, -0.1) is 0 Å². The topological polar surface area (TPSA) is 62.9 Å². The van der Waals surface area contributed by atoms with Crippen LogP contribution in [-0.4, -0.2) is 42.7 Å². The third-order valence-electron chi connectivity index (χ3n) is 2.34. The molecule has 5 nitrogen and oxygen atoms in total. The number of guanidine groups is 1. The summed E-state index contributed by atoms with van der Waals surface area (Å²) in [4.78, 5) is 6.47. The summed E-state index contributed by atoms with van der Waals surface area (Å²) in [6, 6.07) is 0. The molecule has 3 N–H and O–H groups in total. The van der Waals surface area contributed by atoms with Crippen molar-refractivity contribution in [1.29, 1.82) is 0 Å². The first-order chi connectivity index (χ1) is 6.61. The molecule has 1 aliphatic heterocycles. The highest BCUT2D eigenvalue weighted by Crippen LogP contribution is 2.18. The van der Waals surface area contributed by atoms with Crippen molar-refractivity contribution in [3.8, 4) is 0 Å². The minimum Gasteiger partial charge on any atom is -0.377 e. The van der Waals surface area contributed by atoms with Gasteiger partial charge in [-0.2, -0.15) is 0 Å². The van der Waals surface area contributed by atoms with Gasteiger partial charge in [0.2, 0.25) is 5.96 Å². The summed E-state index contributed by atoms with van der Waals surface area (Å²) in [6.45, 7) is 9.22. The summed E-state index contributed by atoms with van der Waals surface area (Å²) in [5, 5.41) is 0. The zero-order valence-electron chi connectivity index (χ0n) is 9.21. The number of aliphatic imine (C=N–C) groups is 1. The third kappa shape index (κ3) is 2.36. The maximum atomic E-state index is 5.45. The van der Waals surface area contributed by atoms with Crippen molar-refractivity contribution in [3.63, 3.8) is 0 Å². The van der Waals surface area contributed by atoms with Gasteiger partial charge in [0.1, 0.15) is 0 Å². The molecule has 0 aromatic rings. The van der Waals surface area contributed by atoms with Gasteiger partial charge in [0, 0.05) is 13.1 Å². The molecule has 0 amide bonds. The second-order valence-corrected chi connectivity index (χ2v) is 3.96. The summed E-state index contributed by atoms with van der Waals surface area (Å²) in [7, 11) is 0. The van der Waals surface area contributed by atoms with E-state index in [9.17, 15) is 0 Å². The van der Waals surface area contributed by atoms with Crippen molar-refractivity contribution in [1.82, 2.24) is 10.3 Å². The fourth-order valence-corrected chi connectivity index (χ4v) is 1.61. The molecule has 0 unspecified atom stereocenters. The van der Waals surface area contributed by atoms with Crippen LogP contribution in [0.1, 0.15) is 20.8 Å². The summed E-state index contributed by atoms with van der Waals surface area (Å²) >= 11 is 0. The van der Waals surface area contributed by atoms with Crippen molar-refractivity contribution in [2.45, 2.75) is 26.3 Å². The quantitative estimate of drug-likeness (QED) is 0.269. The number of nitrogens with one attached hydrogen (secondary N) is 1. The van der Waals surface area contributed by atoms with Crippen LogP contribution in [0.5, 0.6) is 0 Å². The number of morpholine rings is 1. The van der Waals surface area contributed by atoms with Gasteiger partial charge in [-0.1, -0.05) is 0 Å². The van der Waals surface area contributed by atoms with Crippen molar-refractivity contribution in [2.24, 2.45) is 10.8 Å². The average molecular weight is 200 g/mol. The lowest BCUT2D eigenvalue weighted by Gasteiger charge is -2.43. The highest BCUT2D eigenvalue weighted by molar-refractivity contribution is 5.80. The molecule has 0 aromatic heterocycles. The summed E-state index contributed by atoms with van der Waals surface area (Å²) in [5.74, 6) is 6.20. The standard InChI is InChI=1S/C9H20N4O/c1-4-11-8(12-10)13-5-6-14-7-9(13,2)3/h4-7,10H2,1-3H3,(H,11,12). The molecule has 82 valence electrons. The molecule has 0 saturated carbocycles. The number of hydrogen-bond donors (Lipinski definition) is 2. The van der Waals surface area contributed by atoms with E-state index in [2.05, 4.69) is 29.2 Å². The molecule has 0 atom stereocenters. The summed E-state index contributed by atoms with van der Waals surface area (Å²) < 4.78 is 5.42. The molecular formula is C9H20N4O. The number of ether oxygens (including phenoxy) is 1. The van der Waals surface area contributed by atoms with E-state index in [1.54, 1.807) is 0 Å². The monoisotopic (exact) mass is 200 g/mol. The molecule has 0 bridgehead atoms. The number of hydrogen-bond acceptors (Lipinski definition) is 3. The minimum atomic E-state index is -0.0430. The van der Waals surface area contributed by atoms with Crippen molar-refractivity contribution < 1.29 is 4.74 Å². The van der Waals surface area contributed by atoms with Crippen molar-refractivity contribution in [3.05, 3.63) is 0 Å². The molecule has 1 fully saturated rings. The average Bonchev–Trinajstić information content (AvgIpc) is 2.14. The summed E-state index contributed by atoms with van der Waals surface area (Å²) in [5.41, 5.74) is 2.61. The van der Waals surface area contributed by atoms with Gasteiger partial charge < -0.3 is 9.64 Å². The van der Waals surface area contributed by atoms with Crippen LogP contribution in [0.15, 0.2) is 4.99 Å². The Morgan fingerprint density at radius 3 is 2.86 bits per heavy atom. The molecule has 14 heavy (non-hydrogen) atoms. The molecule has 0 spiro atoms. The van der Waals surface area contributed by atoms with Gasteiger partial charge >= 0.3 is 0 Å². The Kier molecular flexibility index (Phi) is 3.71. The maximum absolute atomic E-state index is 5.45. The molecule has 5 heteroatoms. The lowest BCUT2D eigenvalue weighted by atomic mass is 10.0. The largest absolute Gasteiger partial charge is 0.377 e. The van der Waals surface area contributed by atoms with Crippen LogP contribution in [0.3, 0.4) is 0 Å². The van der Waals surface area contributed by atoms with Crippen molar-refractivity contribution in [2.75, 3.05) is 26.3 Å². The number of nitrogens with two attached hydrogens (primary N) is 1. The minimum absolute atomic E-state index is 0.0430. The van der Waals surface area contributed by atoms with E-state index >= 15 is 0 Å². The fourth-order valence-electron chi connectivity index (χ4n) is 1.61. The first-order valence-electron chi connectivity index (χ1n) is 4.98. The van der Waals surface area contributed by atoms with Gasteiger partial charge in [-0.3, -0.25) is 10.4 Å². The molecule has 1 aliphatic rings.